The first-order valence-electron chi connectivity index (χ1n) is 5.07. The number of ketones is 1. The topological polar surface area (TPSA) is 17.1 Å². The predicted octanol–water partition coefficient (Wildman–Crippen LogP) is 3.40. The highest BCUT2D eigenvalue weighted by Crippen LogP contribution is 2.48. The lowest BCUT2D eigenvalue weighted by Crippen LogP contribution is -2.04. The Balaban J connectivity index is 2.13. The van der Waals surface area contributed by atoms with Crippen LogP contribution in [-0.4, -0.2) is 5.78 Å². The van der Waals surface area contributed by atoms with E-state index in [9.17, 15) is 18.0 Å². The van der Waals surface area contributed by atoms with E-state index in [1.165, 1.54) is 19.1 Å². The summed E-state index contributed by atoms with van der Waals surface area (Å²) in [4.78, 5) is 11.0. The SMILES string of the molecule is CC(=O)[C@H]1C[C@H]1c1ccc(C(F)(F)F)cc1. The van der Waals surface area contributed by atoms with Crippen LogP contribution >= 0.6 is 0 Å². The molecule has 0 bridgehead atoms. The smallest absolute Gasteiger partial charge is 0.300 e. The molecular weight excluding hydrogens is 217 g/mol. The monoisotopic (exact) mass is 228 g/mol. The van der Waals surface area contributed by atoms with Gasteiger partial charge in [0.05, 0.1) is 5.56 Å². The quantitative estimate of drug-likeness (QED) is 0.758. The third kappa shape index (κ3) is 2.10. The average molecular weight is 228 g/mol. The molecule has 0 aliphatic heterocycles. The summed E-state index contributed by atoms with van der Waals surface area (Å²) in [5.74, 6) is 0.251. The van der Waals surface area contributed by atoms with Crippen LogP contribution < -0.4 is 0 Å². The van der Waals surface area contributed by atoms with Crippen LogP contribution in [0.5, 0.6) is 0 Å². The maximum atomic E-state index is 12.3. The van der Waals surface area contributed by atoms with E-state index in [2.05, 4.69) is 0 Å². The summed E-state index contributed by atoms with van der Waals surface area (Å²) in [6, 6.07) is 5.09. The zero-order chi connectivity index (χ0) is 11.9. The third-order valence-corrected chi connectivity index (χ3v) is 2.98. The van der Waals surface area contributed by atoms with E-state index in [-0.39, 0.29) is 17.6 Å². The minimum Gasteiger partial charge on any atom is -0.300 e. The Morgan fingerprint density at radius 2 is 1.81 bits per heavy atom. The number of hydrogen-bond acceptors (Lipinski definition) is 1. The van der Waals surface area contributed by atoms with Gasteiger partial charge in [-0.15, -0.1) is 0 Å². The molecule has 1 aliphatic carbocycles. The predicted molar refractivity (Wildman–Crippen MR) is 53.0 cm³/mol. The second-order valence-electron chi connectivity index (χ2n) is 4.18. The number of Topliss-reactive ketones (excluding diaryl/α,β-unsaturated/α-hetero) is 1. The highest BCUT2D eigenvalue weighted by atomic mass is 19.4. The van der Waals surface area contributed by atoms with Gasteiger partial charge in [0.15, 0.2) is 0 Å². The summed E-state index contributed by atoms with van der Waals surface area (Å²) in [5, 5.41) is 0. The van der Waals surface area contributed by atoms with Crippen molar-refractivity contribution in [2.75, 3.05) is 0 Å². The number of alkyl halides is 3. The number of carbonyl (C=O) groups excluding carboxylic acids is 1. The maximum absolute atomic E-state index is 12.3. The van der Waals surface area contributed by atoms with Gasteiger partial charge in [-0.3, -0.25) is 4.79 Å². The van der Waals surface area contributed by atoms with Crippen LogP contribution in [-0.2, 0) is 11.0 Å². The highest BCUT2D eigenvalue weighted by molar-refractivity contribution is 5.82. The Morgan fingerprint density at radius 3 is 2.19 bits per heavy atom. The second-order valence-corrected chi connectivity index (χ2v) is 4.18. The first kappa shape index (κ1) is 11.2. The molecule has 1 aliphatic rings. The van der Waals surface area contributed by atoms with E-state index in [4.69, 9.17) is 0 Å². The number of halogens is 3. The van der Waals surface area contributed by atoms with Crippen molar-refractivity contribution in [1.29, 1.82) is 0 Å². The van der Waals surface area contributed by atoms with E-state index < -0.39 is 11.7 Å². The molecule has 0 saturated heterocycles. The van der Waals surface area contributed by atoms with Crippen molar-refractivity contribution in [1.82, 2.24) is 0 Å². The molecule has 1 saturated carbocycles. The molecule has 16 heavy (non-hydrogen) atoms. The van der Waals surface area contributed by atoms with Gasteiger partial charge in [-0.25, -0.2) is 0 Å². The normalized spacial score (nSPS) is 24.2. The van der Waals surface area contributed by atoms with Crippen LogP contribution in [0, 0.1) is 5.92 Å². The van der Waals surface area contributed by atoms with Crippen molar-refractivity contribution in [2.24, 2.45) is 5.92 Å². The van der Waals surface area contributed by atoms with Gasteiger partial charge in [-0.05, 0) is 37.0 Å². The molecule has 1 aromatic carbocycles. The third-order valence-electron chi connectivity index (χ3n) is 2.98. The fraction of sp³-hybridized carbons (Fsp3) is 0.417. The van der Waals surface area contributed by atoms with Crippen LogP contribution in [0.1, 0.15) is 30.4 Å². The minimum atomic E-state index is -4.29. The molecule has 2 atom stereocenters. The molecular formula is C12H11F3O. The van der Waals surface area contributed by atoms with Gasteiger partial charge in [0.1, 0.15) is 5.78 Å². The van der Waals surface area contributed by atoms with Crippen molar-refractivity contribution in [3.8, 4) is 0 Å². The van der Waals surface area contributed by atoms with Crippen LogP contribution in [0.4, 0.5) is 13.2 Å². The van der Waals surface area contributed by atoms with Gasteiger partial charge in [0, 0.05) is 5.92 Å². The van der Waals surface area contributed by atoms with Gasteiger partial charge in [-0.1, -0.05) is 12.1 Å². The van der Waals surface area contributed by atoms with Gasteiger partial charge >= 0.3 is 6.18 Å². The van der Waals surface area contributed by atoms with E-state index in [0.29, 0.717) is 0 Å². The standard InChI is InChI=1S/C12H11F3O/c1-7(16)10-6-11(10)8-2-4-9(5-3-8)12(13,14)15/h2-5,10-11H,6H2,1H3/t10-,11+/m1/s1. The molecule has 4 heteroatoms. The zero-order valence-electron chi connectivity index (χ0n) is 8.71. The lowest BCUT2D eigenvalue weighted by atomic mass is 10.1. The fourth-order valence-electron chi connectivity index (χ4n) is 1.93. The lowest BCUT2D eigenvalue weighted by molar-refractivity contribution is -0.137. The molecule has 0 N–H and O–H groups in total. The fourth-order valence-corrected chi connectivity index (χ4v) is 1.93. The summed E-state index contributed by atoms with van der Waals surface area (Å²) in [6.45, 7) is 1.52. The summed E-state index contributed by atoms with van der Waals surface area (Å²) < 4.78 is 36.9. The Labute approximate surface area is 91.3 Å². The van der Waals surface area contributed by atoms with Gasteiger partial charge in [0.25, 0.3) is 0 Å². The first-order chi connectivity index (χ1) is 7.39. The lowest BCUT2D eigenvalue weighted by Gasteiger charge is -2.07. The number of rotatable bonds is 2. The summed E-state index contributed by atoms with van der Waals surface area (Å²) in [5.41, 5.74) is 0.185. The Hall–Kier alpha value is -1.32. The van der Waals surface area contributed by atoms with Crippen molar-refractivity contribution in [3.63, 3.8) is 0 Å². The summed E-state index contributed by atoms with van der Waals surface area (Å²) >= 11 is 0. The van der Waals surface area contributed by atoms with Gasteiger partial charge in [-0.2, -0.15) is 13.2 Å². The average Bonchev–Trinajstić information content (AvgIpc) is 2.96. The molecule has 0 amide bonds. The molecule has 1 nitrogen and oxygen atoms in total. The number of carbonyl (C=O) groups is 1. The van der Waals surface area contributed by atoms with Crippen molar-refractivity contribution < 1.29 is 18.0 Å². The van der Waals surface area contributed by atoms with E-state index in [0.717, 1.165) is 24.1 Å². The summed E-state index contributed by atoms with van der Waals surface area (Å²) in [6.07, 6.45) is -3.53. The highest BCUT2D eigenvalue weighted by Gasteiger charge is 2.42. The van der Waals surface area contributed by atoms with Crippen molar-refractivity contribution in [3.05, 3.63) is 35.4 Å². The van der Waals surface area contributed by atoms with Crippen LogP contribution in [0.3, 0.4) is 0 Å². The largest absolute Gasteiger partial charge is 0.416 e. The van der Waals surface area contributed by atoms with E-state index >= 15 is 0 Å². The molecule has 1 aromatic rings. The van der Waals surface area contributed by atoms with E-state index in [1.807, 2.05) is 0 Å². The maximum Gasteiger partial charge on any atom is 0.416 e. The Morgan fingerprint density at radius 1 is 1.25 bits per heavy atom. The molecule has 0 heterocycles. The molecule has 0 unspecified atom stereocenters. The molecule has 0 spiro atoms. The Kier molecular flexibility index (Phi) is 2.52. The van der Waals surface area contributed by atoms with Crippen molar-refractivity contribution >= 4 is 5.78 Å². The molecule has 0 radical (unpaired) electrons. The zero-order valence-corrected chi connectivity index (χ0v) is 8.71. The molecule has 2 rings (SSSR count). The molecule has 86 valence electrons. The van der Waals surface area contributed by atoms with Crippen LogP contribution in [0.2, 0.25) is 0 Å². The number of benzene rings is 1. The van der Waals surface area contributed by atoms with Crippen molar-refractivity contribution in [2.45, 2.75) is 25.4 Å². The van der Waals surface area contributed by atoms with Crippen LogP contribution in [0.15, 0.2) is 24.3 Å². The van der Waals surface area contributed by atoms with Gasteiger partial charge in [0.2, 0.25) is 0 Å². The van der Waals surface area contributed by atoms with Gasteiger partial charge < -0.3 is 0 Å². The van der Waals surface area contributed by atoms with Crippen LogP contribution in [0.25, 0.3) is 0 Å². The van der Waals surface area contributed by atoms with E-state index in [1.54, 1.807) is 0 Å². The first-order valence-corrected chi connectivity index (χ1v) is 5.07. The Bertz CT molecular complexity index is 405. The second kappa shape index (κ2) is 3.61. The molecule has 1 fully saturated rings. The number of hydrogen-bond donors (Lipinski definition) is 0. The molecule has 0 aromatic heterocycles. The summed E-state index contributed by atoms with van der Waals surface area (Å²) in [7, 11) is 0. The minimum absolute atomic E-state index is 0.0109.